The Morgan fingerprint density at radius 2 is 2.32 bits per heavy atom. The molecule has 1 N–H and O–H groups in total. The van der Waals surface area contributed by atoms with Crippen molar-refractivity contribution >= 4 is 33.2 Å². The van der Waals surface area contributed by atoms with Crippen LogP contribution in [0.2, 0.25) is 0 Å². The van der Waals surface area contributed by atoms with Gasteiger partial charge in [-0.1, -0.05) is 0 Å². The fourth-order valence-electron chi connectivity index (χ4n) is 1.59. The van der Waals surface area contributed by atoms with Crippen LogP contribution in [0.1, 0.15) is 32.9 Å². The first-order chi connectivity index (χ1) is 9.04. The summed E-state index contributed by atoms with van der Waals surface area (Å²) in [5.41, 5.74) is 1.30. The molecule has 0 aliphatic heterocycles. The number of nitrogens with zero attached hydrogens (tertiary/aromatic N) is 2. The van der Waals surface area contributed by atoms with Crippen molar-refractivity contribution in [3.05, 3.63) is 44.1 Å². The Balaban J connectivity index is 2.43. The number of ether oxygens (including phenoxy) is 1. The number of pyridine rings is 1. The minimum absolute atomic E-state index is 0.365. The molecule has 0 saturated carbocycles. The predicted octanol–water partition coefficient (Wildman–Crippen LogP) is 2.48. The molecule has 100 valence electrons. The van der Waals surface area contributed by atoms with Gasteiger partial charge in [0.2, 0.25) is 0 Å². The van der Waals surface area contributed by atoms with Gasteiger partial charge in [0, 0.05) is 16.0 Å². The van der Waals surface area contributed by atoms with E-state index in [9.17, 15) is 9.90 Å². The lowest BCUT2D eigenvalue weighted by Gasteiger charge is -2.12. The van der Waals surface area contributed by atoms with Gasteiger partial charge < -0.3 is 9.84 Å². The highest BCUT2D eigenvalue weighted by Crippen LogP contribution is 2.29. The SMILES string of the molecule is COC(=O)c1cc(Br)c(C(O)c2nccs2)nc1C. The molecule has 5 nitrogen and oxygen atoms in total. The molecule has 7 heteroatoms. The number of aryl methyl sites for hydroxylation is 1. The lowest BCUT2D eigenvalue weighted by atomic mass is 10.1. The van der Waals surface area contributed by atoms with E-state index in [2.05, 4.69) is 30.6 Å². The van der Waals surface area contributed by atoms with Crippen molar-refractivity contribution in [3.8, 4) is 0 Å². The van der Waals surface area contributed by atoms with Crippen LogP contribution in [0.5, 0.6) is 0 Å². The van der Waals surface area contributed by atoms with E-state index in [4.69, 9.17) is 0 Å². The highest BCUT2D eigenvalue weighted by Gasteiger charge is 2.21. The fourth-order valence-corrected chi connectivity index (χ4v) is 2.75. The van der Waals surface area contributed by atoms with Gasteiger partial charge in [-0.15, -0.1) is 11.3 Å². The minimum Gasteiger partial charge on any atom is -0.465 e. The average molecular weight is 343 g/mol. The zero-order valence-electron chi connectivity index (χ0n) is 10.3. The second kappa shape index (κ2) is 5.77. The fraction of sp³-hybridized carbons (Fsp3) is 0.250. The number of aliphatic hydroxyl groups excluding tert-OH is 1. The molecule has 19 heavy (non-hydrogen) atoms. The molecule has 2 aromatic heterocycles. The van der Waals surface area contributed by atoms with Gasteiger partial charge in [-0.25, -0.2) is 9.78 Å². The van der Waals surface area contributed by atoms with E-state index in [1.165, 1.54) is 18.4 Å². The molecule has 0 aliphatic rings. The van der Waals surface area contributed by atoms with Gasteiger partial charge in [-0.3, -0.25) is 4.98 Å². The molecule has 0 aromatic carbocycles. The van der Waals surface area contributed by atoms with Crippen LogP contribution in [-0.4, -0.2) is 28.2 Å². The number of halogens is 1. The van der Waals surface area contributed by atoms with Crippen molar-refractivity contribution in [1.29, 1.82) is 0 Å². The standard InChI is InChI=1S/C12H11BrN2O3S/c1-6-7(12(17)18-2)5-8(13)9(15-6)10(16)11-14-3-4-19-11/h3-5,10,16H,1-2H3. The summed E-state index contributed by atoms with van der Waals surface area (Å²) < 4.78 is 5.21. The van der Waals surface area contributed by atoms with Gasteiger partial charge in [0.15, 0.2) is 0 Å². The first-order valence-corrected chi connectivity index (χ1v) is 7.04. The Bertz CT molecular complexity index is 601. The first kappa shape index (κ1) is 14.1. The lowest BCUT2D eigenvalue weighted by molar-refractivity contribution is 0.0599. The molecule has 2 heterocycles. The third kappa shape index (κ3) is 2.83. The minimum atomic E-state index is -0.917. The highest BCUT2D eigenvalue weighted by atomic mass is 79.9. The van der Waals surface area contributed by atoms with Gasteiger partial charge in [0.25, 0.3) is 0 Å². The molecule has 1 unspecified atom stereocenters. The topological polar surface area (TPSA) is 72.3 Å². The van der Waals surface area contributed by atoms with E-state index in [1.54, 1.807) is 24.6 Å². The summed E-state index contributed by atoms with van der Waals surface area (Å²) in [6.45, 7) is 1.69. The normalized spacial score (nSPS) is 12.2. The van der Waals surface area contributed by atoms with Crippen LogP contribution in [0, 0.1) is 6.92 Å². The zero-order valence-corrected chi connectivity index (χ0v) is 12.7. The van der Waals surface area contributed by atoms with Gasteiger partial charge in [0.05, 0.1) is 24.1 Å². The molecule has 1 atom stereocenters. The average Bonchev–Trinajstić information content (AvgIpc) is 2.93. The van der Waals surface area contributed by atoms with E-state index >= 15 is 0 Å². The summed E-state index contributed by atoms with van der Waals surface area (Å²) in [7, 11) is 1.31. The van der Waals surface area contributed by atoms with Gasteiger partial charge in [-0.2, -0.15) is 0 Å². The molecule has 0 saturated heterocycles. The summed E-state index contributed by atoms with van der Waals surface area (Å²) in [4.78, 5) is 19.9. The van der Waals surface area contributed by atoms with E-state index < -0.39 is 12.1 Å². The highest BCUT2D eigenvalue weighted by molar-refractivity contribution is 9.10. The Morgan fingerprint density at radius 1 is 1.58 bits per heavy atom. The summed E-state index contributed by atoms with van der Waals surface area (Å²) in [6, 6.07) is 1.60. The number of carbonyl (C=O) groups excluding carboxylic acids is 1. The maximum atomic E-state index is 11.5. The molecular formula is C12H11BrN2O3S. The number of thiazole rings is 1. The molecule has 0 fully saturated rings. The number of hydrogen-bond donors (Lipinski definition) is 1. The number of rotatable bonds is 3. The number of aliphatic hydroxyl groups is 1. The molecule has 0 aliphatic carbocycles. The maximum absolute atomic E-state index is 11.5. The largest absolute Gasteiger partial charge is 0.465 e. The summed E-state index contributed by atoms with van der Waals surface area (Å²) in [5.74, 6) is -0.457. The van der Waals surface area contributed by atoms with Crippen LogP contribution in [0.15, 0.2) is 22.1 Å². The lowest BCUT2D eigenvalue weighted by Crippen LogP contribution is -2.10. The molecule has 2 rings (SSSR count). The first-order valence-electron chi connectivity index (χ1n) is 5.37. The van der Waals surface area contributed by atoms with Crippen molar-refractivity contribution in [2.45, 2.75) is 13.0 Å². The number of carbonyl (C=O) groups is 1. The number of aromatic nitrogens is 2. The van der Waals surface area contributed by atoms with Crippen LogP contribution in [-0.2, 0) is 4.74 Å². The quantitative estimate of drug-likeness (QED) is 0.867. The summed E-state index contributed by atoms with van der Waals surface area (Å²) in [5, 5.41) is 12.5. The third-order valence-electron chi connectivity index (χ3n) is 2.54. The monoisotopic (exact) mass is 342 g/mol. The predicted molar refractivity (Wildman–Crippen MR) is 74.2 cm³/mol. The zero-order chi connectivity index (χ0) is 14.0. The van der Waals surface area contributed by atoms with Crippen molar-refractivity contribution in [1.82, 2.24) is 9.97 Å². The van der Waals surface area contributed by atoms with Crippen LogP contribution in [0.4, 0.5) is 0 Å². The number of esters is 1. The molecule has 0 bridgehead atoms. The van der Waals surface area contributed by atoms with Gasteiger partial charge in [-0.05, 0) is 28.9 Å². The second-order valence-electron chi connectivity index (χ2n) is 3.75. The molecular weight excluding hydrogens is 332 g/mol. The van der Waals surface area contributed by atoms with E-state index in [0.29, 0.717) is 26.4 Å². The smallest absolute Gasteiger partial charge is 0.339 e. The van der Waals surface area contributed by atoms with Crippen molar-refractivity contribution < 1.29 is 14.6 Å². The van der Waals surface area contributed by atoms with Crippen molar-refractivity contribution in [2.24, 2.45) is 0 Å². The van der Waals surface area contributed by atoms with Crippen molar-refractivity contribution in [3.63, 3.8) is 0 Å². The van der Waals surface area contributed by atoms with Crippen LogP contribution in [0.3, 0.4) is 0 Å². The molecule has 2 aromatic rings. The van der Waals surface area contributed by atoms with Gasteiger partial charge in [0.1, 0.15) is 11.1 Å². The van der Waals surface area contributed by atoms with Crippen molar-refractivity contribution in [2.75, 3.05) is 7.11 Å². The Hall–Kier alpha value is -1.31. The number of methoxy groups -OCH3 is 1. The molecule has 0 amide bonds. The van der Waals surface area contributed by atoms with E-state index in [0.717, 1.165) is 0 Å². The second-order valence-corrected chi connectivity index (χ2v) is 5.53. The van der Waals surface area contributed by atoms with Crippen LogP contribution >= 0.6 is 27.3 Å². The van der Waals surface area contributed by atoms with Crippen LogP contribution in [0.25, 0.3) is 0 Å². The third-order valence-corrected chi connectivity index (χ3v) is 4.01. The summed E-state index contributed by atoms with van der Waals surface area (Å²) >= 11 is 4.65. The number of hydrogen-bond acceptors (Lipinski definition) is 6. The Morgan fingerprint density at radius 3 is 2.89 bits per heavy atom. The van der Waals surface area contributed by atoms with E-state index in [-0.39, 0.29) is 0 Å². The Kier molecular flexibility index (Phi) is 4.28. The van der Waals surface area contributed by atoms with Crippen LogP contribution < -0.4 is 0 Å². The van der Waals surface area contributed by atoms with Gasteiger partial charge >= 0.3 is 5.97 Å². The van der Waals surface area contributed by atoms with E-state index in [1.807, 2.05) is 0 Å². The molecule has 0 radical (unpaired) electrons. The maximum Gasteiger partial charge on any atom is 0.339 e. The molecule has 0 spiro atoms. The summed E-state index contributed by atoms with van der Waals surface area (Å²) in [6.07, 6.45) is 0.701. The Labute approximate surface area is 122 Å².